The van der Waals surface area contributed by atoms with Crippen molar-refractivity contribution in [2.24, 2.45) is 0 Å². The Hall–Kier alpha value is -3.09. The molecule has 0 saturated carbocycles. The van der Waals surface area contributed by atoms with Gasteiger partial charge in [0.25, 0.3) is 5.91 Å². The fourth-order valence-electron chi connectivity index (χ4n) is 2.69. The van der Waals surface area contributed by atoms with Gasteiger partial charge in [0, 0.05) is 18.0 Å². The Morgan fingerprint density at radius 3 is 2.52 bits per heavy atom. The monoisotopic (exact) mass is 373 g/mol. The summed E-state index contributed by atoms with van der Waals surface area (Å²) in [4.78, 5) is 12.4. The van der Waals surface area contributed by atoms with Crippen molar-refractivity contribution in [3.05, 3.63) is 89.2 Å². The van der Waals surface area contributed by atoms with Crippen molar-refractivity contribution in [3.63, 3.8) is 0 Å². The zero-order chi connectivity index (χ0) is 19.4. The SMILES string of the molecule is CC(NC(=O)c1ccc(Cn2cccn2)cc1)c1cccc(C(F)(F)F)c1. The highest BCUT2D eigenvalue weighted by atomic mass is 19.4. The first kappa shape index (κ1) is 18.7. The highest BCUT2D eigenvalue weighted by Crippen LogP contribution is 2.30. The number of carbonyl (C=O) groups is 1. The Labute approximate surface area is 154 Å². The zero-order valence-electron chi connectivity index (χ0n) is 14.6. The molecule has 1 amide bonds. The van der Waals surface area contributed by atoms with Crippen LogP contribution in [0, 0.1) is 0 Å². The van der Waals surface area contributed by atoms with Crippen LogP contribution in [0.25, 0.3) is 0 Å². The van der Waals surface area contributed by atoms with E-state index in [1.807, 2.05) is 24.4 Å². The molecule has 0 radical (unpaired) electrons. The van der Waals surface area contributed by atoms with Crippen molar-refractivity contribution in [2.75, 3.05) is 0 Å². The smallest absolute Gasteiger partial charge is 0.346 e. The lowest BCUT2D eigenvalue weighted by Gasteiger charge is -2.16. The summed E-state index contributed by atoms with van der Waals surface area (Å²) in [7, 11) is 0. The molecule has 0 saturated heterocycles. The van der Waals surface area contributed by atoms with Crippen LogP contribution in [0.1, 0.15) is 40.0 Å². The molecule has 3 rings (SSSR count). The van der Waals surface area contributed by atoms with E-state index in [-0.39, 0.29) is 5.91 Å². The van der Waals surface area contributed by atoms with E-state index in [9.17, 15) is 18.0 Å². The van der Waals surface area contributed by atoms with Gasteiger partial charge in [0.1, 0.15) is 0 Å². The Kier molecular flexibility index (Phi) is 5.30. The van der Waals surface area contributed by atoms with Crippen LogP contribution < -0.4 is 5.32 Å². The number of aromatic nitrogens is 2. The number of amides is 1. The number of hydrogen-bond acceptors (Lipinski definition) is 2. The predicted molar refractivity (Wildman–Crippen MR) is 95.1 cm³/mol. The van der Waals surface area contributed by atoms with E-state index >= 15 is 0 Å². The van der Waals surface area contributed by atoms with Crippen LogP contribution in [0.3, 0.4) is 0 Å². The van der Waals surface area contributed by atoms with Crippen molar-refractivity contribution in [1.82, 2.24) is 15.1 Å². The van der Waals surface area contributed by atoms with Gasteiger partial charge in [0.15, 0.2) is 0 Å². The summed E-state index contributed by atoms with van der Waals surface area (Å²) in [5.41, 5.74) is 1.09. The minimum absolute atomic E-state index is 0.342. The number of alkyl halides is 3. The lowest BCUT2D eigenvalue weighted by atomic mass is 10.0. The van der Waals surface area contributed by atoms with Crippen LogP contribution in [0.5, 0.6) is 0 Å². The maximum Gasteiger partial charge on any atom is 0.416 e. The van der Waals surface area contributed by atoms with E-state index < -0.39 is 17.8 Å². The summed E-state index contributed by atoms with van der Waals surface area (Å²) in [6, 6.07) is 13.3. The van der Waals surface area contributed by atoms with Gasteiger partial charge >= 0.3 is 6.18 Å². The van der Waals surface area contributed by atoms with E-state index in [4.69, 9.17) is 0 Å². The van der Waals surface area contributed by atoms with Crippen molar-refractivity contribution in [3.8, 4) is 0 Å². The molecule has 7 heteroatoms. The van der Waals surface area contributed by atoms with E-state index in [0.29, 0.717) is 17.7 Å². The molecule has 140 valence electrons. The van der Waals surface area contributed by atoms with Gasteiger partial charge in [-0.15, -0.1) is 0 Å². The Balaban J connectivity index is 1.66. The van der Waals surface area contributed by atoms with Crippen LogP contribution in [0.15, 0.2) is 67.0 Å². The van der Waals surface area contributed by atoms with Gasteiger partial charge in [-0.3, -0.25) is 9.48 Å². The molecule has 4 nitrogen and oxygen atoms in total. The average molecular weight is 373 g/mol. The summed E-state index contributed by atoms with van der Waals surface area (Å²) in [6.07, 6.45) is -0.876. The van der Waals surface area contributed by atoms with E-state index in [1.165, 1.54) is 6.07 Å². The number of rotatable bonds is 5. The molecule has 27 heavy (non-hydrogen) atoms. The summed E-state index contributed by atoms with van der Waals surface area (Å²) in [6.45, 7) is 2.25. The molecule has 2 aromatic carbocycles. The maximum absolute atomic E-state index is 12.8. The van der Waals surface area contributed by atoms with Crippen LogP contribution in [-0.2, 0) is 12.7 Å². The fourth-order valence-corrected chi connectivity index (χ4v) is 2.69. The molecule has 0 bridgehead atoms. The first-order valence-corrected chi connectivity index (χ1v) is 8.37. The molecule has 0 aliphatic carbocycles. The van der Waals surface area contributed by atoms with E-state index in [2.05, 4.69) is 10.4 Å². The zero-order valence-corrected chi connectivity index (χ0v) is 14.6. The van der Waals surface area contributed by atoms with Gasteiger partial charge in [0.05, 0.1) is 18.2 Å². The lowest BCUT2D eigenvalue weighted by molar-refractivity contribution is -0.137. The largest absolute Gasteiger partial charge is 0.416 e. The van der Waals surface area contributed by atoms with E-state index in [0.717, 1.165) is 17.7 Å². The van der Waals surface area contributed by atoms with Crippen molar-refractivity contribution in [2.45, 2.75) is 25.7 Å². The molecule has 1 heterocycles. The lowest BCUT2D eigenvalue weighted by Crippen LogP contribution is -2.26. The molecule has 1 N–H and O–H groups in total. The number of halogens is 3. The van der Waals surface area contributed by atoms with Crippen molar-refractivity contribution < 1.29 is 18.0 Å². The Bertz CT molecular complexity index is 903. The first-order chi connectivity index (χ1) is 12.8. The number of carbonyl (C=O) groups excluding carboxylic acids is 1. The molecular formula is C20H18F3N3O. The summed E-state index contributed by atoms with van der Waals surface area (Å²) < 4.78 is 40.3. The molecule has 1 atom stereocenters. The van der Waals surface area contributed by atoms with Gasteiger partial charge < -0.3 is 5.32 Å². The molecule has 0 aliphatic rings. The van der Waals surface area contributed by atoms with Gasteiger partial charge in [-0.25, -0.2) is 0 Å². The van der Waals surface area contributed by atoms with Crippen molar-refractivity contribution in [1.29, 1.82) is 0 Å². The molecule has 0 spiro atoms. The van der Waals surface area contributed by atoms with Crippen LogP contribution in [-0.4, -0.2) is 15.7 Å². The minimum Gasteiger partial charge on any atom is -0.346 e. The predicted octanol–water partition coefficient (Wildman–Crippen LogP) is 4.44. The summed E-state index contributed by atoms with van der Waals surface area (Å²) >= 11 is 0. The third kappa shape index (κ3) is 4.75. The minimum atomic E-state index is -4.41. The normalized spacial score (nSPS) is 12.6. The third-order valence-electron chi connectivity index (χ3n) is 4.18. The number of benzene rings is 2. The number of hydrogen-bond donors (Lipinski definition) is 1. The summed E-state index contributed by atoms with van der Waals surface area (Å²) in [5, 5.41) is 6.86. The molecule has 1 aromatic heterocycles. The third-order valence-corrected chi connectivity index (χ3v) is 4.18. The number of nitrogens with zero attached hydrogens (tertiary/aromatic N) is 2. The highest BCUT2D eigenvalue weighted by Gasteiger charge is 2.30. The van der Waals surface area contributed by atoms with Gasteiger partial charge in [-0.2, -0.15) is 18.3 Å². The second-order valence-corrected chi connectivity index (χ2v) is 6.22. The van der Waals surface area contributed by atoms with Gasteiger partial charge in [-0.1, -0.05) is 24.3 Å². The highest BCUT2D eigenvalue weighted by molar-refractivity contribution is 5.94. The standard InChI is InChI=1S/C20H18F3N3O/c1-14(17-4-2-5-18(12-17)20(21,22)23)25-19(27)16-8-6-15(7-9-16)13-26-11-3-10-24-26/h2-12,14H,13H2,1H3,(H,25,27). The average Bonchev–Trinajstić information content (AvgIpc) is 3.14. The number of nitrogens with one attached hydrogen (secondary N) is 1. The van der Waals surface area contributed by atoms with E-state index in [1.54, 1.807) is 36.0 Å². The topological polar surface area (TPSA) is 46.9 Å². The second kappa shape index (κ2) is 7.65. The van der Waals surface area contributed by atoms with Crippen molar-refractivity contribution >= 4 is 5.91 Å². The Morgan fingerprint density at radius 1 is 1.15 bits per heavy atom. The molecule has 3 aromatic rings. The van der Waals surface area contributed by atoms with Gasteiger partial charge in [0.2, 0.25) is 0 Å². The quantitative estimate of drug-likeness (QED) is 0.719. The molecule has 0 aliphatic heterocycles. The fraction of sp³-hybridized carbons (Fsp3) is 0.200. The van der Waals surface area contributed by atoms with Crippen LogP contribution >= 0.6 is 0 Å². The molecule has 0 fully saturated rings. The van der Waals surface area contributed by atoms with Gasteiger partial charge in [-0.05, 0) is 48.4 Å². The summed E-state index contributed by atoms with van der Waals surface area (Å²) in [5.74, 6) is -0.342. The maximum atomic E-state index is 12.8. The second-order valence-electron chi connectivity index (χ2n) is 6.22. The Morgan fingerprint density at radius 2 is 1.89 bits per heavy atom. The first-order valence-electron chi connectivity index (χ1n) is 8.37. The molecular weight excluding hydrogens is 355 g/mol. The molecule has 1 unspecified atom stereocenters. The van der Waals surface area contributed by atoms with Crippen LogP contribution in [0.2, 0.25) is 0 Å². The van der Waals surface area contributed by atoms with Crippen LogP contribution in [0.4, 0.5) is 13.2 Å².